The molecular formula is C16H19BrClN7O. The third-order valence-corrected chi connectivity index (χ3v) is 5.52. The summed E-state index contributed by atoms with van der Waals surface area (Å²) in [6.45, 7) is 7.28. The lowest BCUT2D eigenvalue weighted by Gasteiger charge is -2.07. The fourth-order valence-corrected chi connectivity index (χ4v) is 3.09. The number of hydrogen-bond donors (Lipinski definition) is 1. The Balaban J connectivity index is 1.66. The molecular weight excluding hydrogens is 422 g/mol. The molecule has 0 atom stereocenters. The van der Waals surface area contributed by atoms with Crippen molar-refractivity contribution in [1.82, 2.24) is 34.7 Å². The first-order valence-corrected chi connectivity index (χ1v) is 9.29. The van der Waals surface area contributed by atoms with Gasteiger partial charge in [-0.25, -0.2) is 4.68 Å². The zero-order valence-corrected chi connectivity index (χ0v) is 17.0. The van der Waals surface area contributed by atoms with Crippen molar-refractivity contribution < 1.29 is 4.79 Å². The van der Waals surface area contributed by atoms with Crippen LogP contribution in [0.3, 0.4) is 0 Å². The third-order valence-electron chi connectivity index (χ3n) is 4.06. The fourth-order valence-electron chi connectivity index (χ4n) is 2.60. The predicted octanol–water partition coefficient (Wildman–Crippen LogP) is 2.76. The number of halogens is 2. The van der Waals surface area contributed by atoms with Crippen molar-refractivity contribution in [3.8, 4) is 0 Å². The maximum atomic E-state index is 12.4. The molecule has 0 aliphatic carbocycles. The van der Waals surface area contributed by atoms with E-state index < -0.39 is 0 Å². The van der Waals surface area contributed by atoms with E-state index in [1.54, 1.807) is 27.8 Å². The van der Waals surface area contributed by atoms with Gasteiger partial charge in [-0.1, -0.05) is 11.6 Å². The van der Waals surface area contributed by atoms with Gasteiger partial charge in [-0.15, -0.1) is 0 Å². The van der Waals surface area contributed by atoms with Gasteiger partial charge in [0.15, 0.2) is 0 Å². The van der Waals surface area contributed by atoms with E-state index in [0.29, 0.717) is 30.5 Å². The number of nitrogens with one attached hydrogen (secondary N) is 1. The molecule has 0 bridgehead atoms. The number of amides is 1. The van der Waals surface area contributed by atoms with Crippen molar-refractivity contribution in [3.05, 3.63) is 50.7 Å². The molecule has 0 fully saturated rings. The van der Waals surface area contributed by atoms with Crippen LogP contribution in [0, 0.1) is 13.8 Å². The second kappa shape index (κ2) is 7.63. The molecule has 0 aliphatic rings. The summed E-state index contributed by atoms with van der Waals surface area (Å²) in [5, 5.41) is 16.3. The highest BCUT2D eigenvalue weighted by molar-refractivity contribution is 9.10. The van der Waals surface area contributed by atoms with Crippen molar-refractivity contribution >= 4 is 33.4 Å². The van der Waals surface area contributed by atoms with Crippen LogP contribution in [0.2, 0.25) is 5.02 Å². The van der Waals surface area contributed by atoms with Gasteiger partial charge in [-0.05, 0) is 42.8 Å². The summed E-state index contributed by atoms with van der Waals surface area (Å²) >= 11 is 9.61. The van der Waals surface area contributed by atoms with Crippen molar-refractivity contribution in [2.24, 2.45) is 0 Å². The van der Waals surface area contributed by atoms with E-state index in [9.17, 15) is 4.79 Å². The molecule has 3 heterocycles. The van der Waals surface area contributed by atoms with Crippen molar-refractivity contribution in [1.29, 1.82) is 0 Å². The van der Waals surface area contributed by atoms with Crippen molar-refractivity contribution in [3.63, 3.8) is 0 Å². The topological polar surface area (TPSA) is 82.6 Å². The van der Waals surface area contributed by atoms with Gasteiger partial charge in [0.05, 0.1) is 39.3 Å². The predicted molar refractivity (Wildman–Crippen MR) is 101 cm³/mol. The standard InChI is InChI=1S/C16H19BrClN7O/c1-4-24-14(12(18)7-20-24)8-19-16(26)13-5-6-23(22-13)9-25-11(3)15(17)10(2)21-25/h5-7H,4,8-9H2,1-3H3,(H,19,26). The summed E-state index contributed by atoms with van der Waals surface area (Å²) in [5.74, 6) is -0.266. The second-order valence-electron chi connectivity index (χ2n) is 5.80. The first kappa shape index (κ1) is 18.7. The van der Waals surface area contributed by atoms with E-state index in [1.165, 1.54) is 0 Å². The Morgan fingerprint density at radius 3 is 2.73 bits per heavy atom. The van der Waals surface area contributed by atoms with Crippen LogP contribution in [-0.4, -0.2) is 35.2 Å². The smallest absolute Gasteiger partial charge is 0.272 e. The summed E-state index contributed by atoms with van der Waals surface area (Å²) in [5.41, 5.74) is 3.03. The molecule has 1 amide bonds. The van der Waals surface area contributed by atoms with E-state index in [4.69, 9.17) is 11.6 Å². The fraction of sp³-hybridized carbons (Fsp3) is 0.375. The Morgan fingerprint density at radius 1 is 1.31 bits per heavy atom. The third kappa shape index (κ3) is 3.68. The van der Waals surface area contributed by atoms with Gasteiger partial charge in [-0.2, -0.15) is 15.3 Å². The molecule has 0 spiro atoms. The minimum Gasteiger partial charge on any atom is -0.345 e. The quantitative estimate of drug-likeness (QED) is 0.639. The van der Waals surface area contributed by atoms with Crippen molar-refractivity contribution in [2.45, 2.75) is 40.5 Å². The Morgan fingerprint density at radius 2 is 2.08 bits per heavy atom. The van der Waals surface area contributed by atoms with Crippen LogP contribution < -0.4 is 5.32 Å². The largest absolute Gasteiger partial charge is 0.345 e. The van der Waals surface area contributed by atoms with Crippen LogP contribution in [0.4, 0.5) is 0 Å². The minimum atomic E-state index is -0.266. The van der Waals surface area contributed by atoms with Crippen LogP contribution in [0.15, 0.2) is 22.9 Å². The maximum Gasteiger partial charge on any atom is 0.272 e. The van der Waals surface area contributed by atoms with Crippen LogP contribution in [0.25, 0.3) is 0 Å². The monoisotopic (exact) mass is 439 g/mol. The highest BCUT2D eigenvalue weighted by Crippen LogP contribution is 2.19. The van der Waals surface area contributed by atoms with E-state index in [0.717, 1.165) is 21.6 Å². The molecule has 3 aromatic heterocycles. The van der Waals surface area contributed by atoms with E-state index >= 15 is 0 Å². The lowest BCUT2D eigenvalue weighted by atomic mass is 10.3. The number of aromatic nitrogens is 6. The Hall–Kier alpha value is -2.13. The lowest BCUT2D eigenvalue weighted by molar-refractivity contribution is 0.0944. The molecule has 0 unspecified atom stereocenters. The normalized spacial score (nSPS) is 11.1. The molecule has 0 aliphatic heterocycles. The summed E-state index contributed by atoms with van der Waals surface area (Å²) in [7, 11) is 0. The molecule has 8 nitrogen and oxygen atoms in total. The average Bonchev–Trinajstić information content (AvgIpc) is 3.29. The lowest BCUT2D eigenvalue weighted by Crippen LogP contribution is -2.25. The van der Waals surface area contributed by atoms with Gasteiger partial charge < -0.3 is 5.32 Å². The van der Waals surface area contributed by atoms with Gasteiger partial charge in [0.2, 0.25) is 0 Å². The minimum absolute atomic E-state index is 0.266. The molecule has 3 rings (SSSR count). The maximum absolute atomic E-state index is 12.4. The van der Waals surface area contributed by atoms with Crippen LogP contribution in [-0.2, 0) is 19.8 Å². The van der Waals surface area contributed by atoms with E-state index in [2.05, 4.69) is 36.5 Å². The average molecular weight is 441 g/mol. The number of hydrogen-bond acceptors (Lipinski definition) is 4. The highest BCUT2D eigenvalue weighted by Gasteiger charge is 2.14. The molecule has 1 N–H and O–H groups in total. The molecule has 3 aromatic rings. The van der Waals surface area contributed by atoms with Gasteiger partial charge in [-0.3, -0.25) is 14.2 Å². The van der Waals surface area contributed by atoms with Gasteiger partial charge in [0, 0.05) is 12.7 Å². The molecule has 0 aromatic carbocycles. The summed E-state index contributed by atoms with van der Waals surface area (Å²) in [4.78, 5) is 12.4. The zero-order valence-electron chi connectivity index (χ0n) is 14.7. The van der Waals surface area contributed by atoms with Crippen LogP contribution >= 0.6 is 27.5 Å². The Kier molecular flexibility index (Phi) is 5.47. The van der Waals surface area contributed by atoms with Crippen LogP contribution in [0.5, 0.6) is 0 Å². The van der Waals surface area contributed by atoms with E-state index in [-0.39, 0.29) is 5.91 Å². The van der Waals surface area contributed by atoms with Gasteiger partial charge in [0.1, 0.15) is 12.4 Å². The van der Waals surface area contributed by atoms with Gasteiger partial charge >= 0.3 is 0 Å². The molecule has 10 heteroatoms. The number of rotatable bonds is 6. The summed E-state index contributed by atoms with van der Waals surface area (Å²) in [6, 6.07) is 1.68. The number of carbonyl (C=O) groups is 1. The summed E-state index contributed by atoms with van der Waals surface area (Å²) < 4.78 is 6.23. The highest BCUT2D eigenvalue weighted by atomic mass is 79.9. The van der Waals surface area contributed by atoms with Crippen molar-refractivity contribution in [2.75, 3.05) is 0 Å². The molecule has 26 heavy (non-hydrogen) atoms. The molecule has 0 saturated carbocycles. The first-order valence-electron chi connectivity index (χ1n) is 8.12. The second-order valence-corrected chi connectivity index (χ2v) is 7.00. The summed E-state index contributed by atoms with van der Waals surface area (Å²) in [6.07, 6.45) is 3.33. The SMILES string of the molecule is CCn1ncc(Cl)c1CNC(=O)c1ccn(Cn2nc(C)c(Br)c2C)n1. The number of carbonyl (C=O) groups excluding carboxylic acids is 1. The van der Waals surface area contributed by atoms with Crippen LogP contribution in [0.1, 0.15) is 34.5 Å². The van der Waals surface area contributed by atoms with E-state index in [1.807, 2.05) is 25.5 Å². The first-order chi connectivity index (χ1) is 12.4. The Labute approximate surface area is 164 Å². The molecule has 0 saturated heterocycles. The molecule has 0 radical (unpaired) electrons. The number of nitrogens with zero attached hydrogens (tertiary/aromatic N) is 6. The molecule has 138 valence electrons. The Bertz CT molecular complexity index is 943. The number of aryl methyl sites for hydroxylation is 2. The zero-order chi connectivity index (χ0) is 18.8. The van der Waals surface area contributed by atoms with Gasteiger partial charge in [0.25, 0.3) is 5.91 Å².